The third kappa shape index (κ3) is 4.41. The van der Waals surface area contributed by atoms with Crippen molar-refractivity contribution in [2.24, 2.45) is 0 Å². The molecule has 0 atom stereocenters. The van der Waals surface area contributed by atoms with Crippen LogP contribution in [0.4, 0.5) is 4.39 Å². The van der Waals surface area contributed by atoms with Crippen molar-refractivity contribution in [2.45, 2.75) is 6.92 Å². The fraction of sp³-hybridized carbons (Fsp3) is 0.176. The van der Waals surface area contributed by atoms with Crippen molar-refractivity contribution in [1.29, 1.82) is 0 Å². The molecule has 4 nitrogen and oxygen atoms in total. The van der Waals surface area contributed by atoms with E-state index in [-0.39, 0.29) is 17.6 Å². The van der Waals surface area contributed by atoms with E-state index in [9.17, 15) is 14.0 Å². The van der Waals surface area contributed by atoms with E-state index in [4.69, 9.17) is 0 Å². The van der Waals surface area contributed by atoms with Gasteiger partial charge >= 0.3 is 0 Å². The van der Waals surface area contributed by atoms with Crippen molar-refractivity contribution < 1.29 is 14.0 Å². The van der Waals surface area contributed by atoms with Crippen molar-refractivity contribution in [3.63, 3.8) is 0 Å². The summed E-state index contributed by atoms with van der Waals surface area (Å²) in [6, 6.07) is 13.2. The zero-order valence-electron chi connectivity index (χ0n) is 12.2. The molecule has 0 radical (unpaired) electrons. The number of carbonyl (C=O) groups is 2. The third-order valence-electron chi connectivity index (χ3n) is 3.07. The highest BCUT2D eigenvalue weighted by Crippen LogP contribution is 2.21. The van der Waals surface area contributed by atoms with E-state index in [2.05, 4.69) is 10.6 Å². The van der Waals surface area contributed by atoms with Crippen LogP contribution in [0.1, 0.15) is 17.3 Å². The Bertz CT molecular complexity index is 686. The van der Waals surface area contributed by atoms with Crippen molar-refractivity contribution in [1.82, 2.24) is 10.6 Å². The average molecular weight is 300 g/mol. The predicted octanol–water partition coefficient (Wildman–Crippen LogP) is 2.36. The molecule has 0 saturated heterocycles. The van der Waals surface area contributed by atoms with E-state index < -0.39 is 0 Å². The molecular weight excluding hydrogens is 283 g/mol. The molecule has 2 aromatic carbocycles. The van der Waals surface area contributed by atoms with Gasteiger partial charge in [-0.3, -0.25) is 9.59 Å². The molecule has 0 aliphatic heterocycles. The summed E-state index contributed by atoms with van der Waals surface area (Å²) in [6.07, 6.45) is 0. The topological polar surface area (TPSA) is 58.2 Å². The third-order valence-corrected chi connectivity index (χ3v) is 3.07. The van der Waals surface area contributed by atoms with Crippen LogP contribution >= 0.6 is 0 Å². The minimum absolute atomic E-state index is 0.137. The van der Waals surface area contributed by atoms with Crippen molar-refractivity contribution in [3.8, 4) is 11.1 Å². The van der Waals surface area contributed by atoms with Crippen LogP contribution in [-0.4, -0.2) is 24.9 Å². The molecule has 2 N–H and O–H groups in total. The fourth-order valence-electron chi connectivity index (χ4n) is 2.02. The number of halogens is 1. The maximum absolute atomic E-state index is 13.3. The van der Waals surface area contributed by atoms with Gasteiger partial charge in [-0.25, -0.2) is 4.39 Å². The number of carbonyl (C=O) groups excluding carboxylic acids is 2. The first-order valence-electron chi connectivity index (χ1n) is 6.95. The Balaban J connectivity index is 2.05. The standard InChI is InChI=1S/C17H17FN2O2/c1-12(21)19-8-9-20-17(22)15-6-2-4-13(10-15)14-5-3-7-16(18)11-14/h2-7,10-11H,8-9H2,1H3,(H,19,21)(H,20,22). The van der Waals surface area contributed by atoms with Crippen LogP contribution < -0.4 is 10.6 Å². The maximum atomic E-state index is 13.3. The molecule has 0 unspecified atom stereocenters. The Morgan fingerprint density at radius 2 is 1.59 bits per heavy atom. The van der Waals surface area contributed by atoms with Crippen molar-refractivity contribution >= 4 is 11.8 Å². The molecule has 0 heterocycles. The first-order chi connectivity index (χ1) is 10.6. The van der Waals surface area contributed by atoms with Gasteiger partial charge in [-0.2, -0.15) is 0 Å². The highest BCUT2D eigenvalue weighted by Gasteiger charge is 2.07. The van der Waals surface area contributed by atoms with Crippen LogP contribution in [0.5, 0.6) is 0 Å². The van der Waals surface area contributed by atoms with Gasteiger partial charge < -0.3 is 10.6 Å². The van der Waals surface area contributed by atoms with E-state index in [0.717, 1.165) is 5.56 Å². The van der Waals surface area contributed by atoms with Gasteiger partial charge in [0.15, 0.2) is 0 Å². The summed E-state index contributed by atoms with van der Waals surface area (Å²) in [7, 11) is 0. The van der Waals surface area contributed by atoms with Crippen LogP contribution in [0, 0.1) is 5.82 Å². The molecule has 5 heteroatoms. The average Bonchev–Trinajstić information content (AvgIpc) is 2.51. The van der Waals surface area contributed by atoms with Gasteiger partial charge in [0.1, 0.15) is 5.82 Å². The summed E-state index contributed by atoms with van der Waals surface area (Å²) in [4.78, 5) is 22.8. The molecule has 0 aliphatic rings. The maximum Gasteiger partial charge on any atom is 0.251 e. The second-order valence-electron chi connectivity index (χ2n) is 4.83. The van der Waals surface area contributed by atoms with E-state index in [1.165, 1.54) is 19.1 Å². The number of nitrogens with one attached hydrogen (secondary N) is 2. The van der Waals surface area contributed by atoms with Gasteiger partial charge in [0.2, 0.25) is 5.91 Å². The lowest BCUT2D eigenvalue weighted by molar-refractivity contribution is -0.118. The first-order valence-corrected chi connectivity index (χ1v) is 6.95. The minimum atomic E-state index is -0.317. The lowest BCUT2D eigenvalue weighted by Gasteiger charge is -2.08. The molecule has 0 aromatic heterocycles. The number of amides is 2. The second kappa shape index (κ2) is 7.36. The normalized spacial score (nSPS) is 10.1. The zero-order chi connectivity index (χ0) is 15.9. The van der Waals surface area contributed by atoms with Gasteiger partial charge in [-0.05, 0) is 35.4 Å². The zero-order valence-corrected chi connectivity index (χ0v) is 12.2. The summed E-state index contributed by atoms with van der Waals surface area (Å²) in [5.41, 5.74) is 1.98. The molecule has 22 heavy (non-hydrogen) atoms. The predicted molar refractivity (Wildman–Crippen MR) is 82.9 cm³/mol. The number of rotatable bonds is 5. The van der Waals surface area contributed by atoms with Crippen LogP contribution in [0.2, 0.25) is 0 Å². The Morgan fingerprint density at radius 1 is 0.955 bits per heavy atom. The van der Waals surface area contributed by atoms with Crippen LogP contribution in [0.25, 0.3) is 11.1 Å². The van der Waals surface area contributed by atoms with E-state index in [1.54, 1.807) is 30.3 Å². The molecule has 2 amide bonds. The number of hydrogen-bond donors (Lipinski definition) is 2. The van der Waals surface area contributed by atoms with Crippen LogP contribution in [-0.2, 0) is 4.79 Å². The molecule has 2 aromatic rings. The lowest BCUT2D eigenvalue weighted by atomic mass is 10.0. The quantitative estimate of drug-likeness (QED) is 0.833. The molecule has 0 bridgehead atoms. The van der Waals surface area contributed by atoms with Gasteiger partial charge in [0.25, 0.3) is 5.91 Å². The smallest absolute Gasteiger partial charge is 0.251 e. The Morgan fingerprint density at radius 3 is 2.27 bits per heavy atom. The Kier molecular flexibility index (Phi) is 5.25. The minimum Gasteiger partial charge on any atom is -0.355 e. The van der Waals surface area contributed by atoms with Gasteiger partial charge in [-0.15, -0.1) is 0 Å². The van der Waals surface area contributed by atoms with Gasteiger partial charge in [-0.1, -0.05) is 24.3 Å². The van der Waals surface area contributed by atoms with Gasteiger partial charge in [0.05, 0.1) is 0 Å². The number of hydrogen-bond acceptors (Lipinski definition) is 2. The van der Waals surface area contributed by atoms with E-state index in [0.29, 0.717) is 24.2 Å². The summed E-state index contributed by atoms with van der Waals surface area (Å²) >= 11 is 0. The summed E-state index contributed by atoms with van der Waals surface area (Å²) < 4.78 is 13.3. The highest BCUT2D eigenvalue weighted by atomic mass is 19.1. The lowest BCUT2D eigenvalue weighted by Crippen LogP contribution is -2.33. The van der Waals surface area contributed by atoms with E-state index >= 15 is 0 Å². The summed E-state index contributed by atoms with van der Waals surface area (Å²) in [5, 5.41) is 5.32. The Labute approximate surface area is 128 Å². The molecule has 0 spiro atoms. The second-order valence-corrected chi connectivity index (χ2v) is 4.83. The van der Waals surface area contributed by atoms with Crippen LogP contribution in [0.15, 0.2) is 48.5 Å². The Hall–Kier alpha value is -2.69. The van der Waals surface area contributed by atoms with Crippen LogP contribution in [0.3, 0.4) is 0 Å². The molecular formula is C17H17FN2O2. The molecule has 0 aliphatic carbocycles. The van der Waals surface area contributed by atoms with E-state index in [1.807, 2.05) is 6.07 Å². The largest absolute Gasteiger partial charge is 0.355 e. The molecule has 2 rings (SSSR count). The summed E-state index contributed by atoms with van der Waals surface area (Å²) in [5.74, 6) is -0.686. The summed E-state index contributed by atoms with van der Waals surface area (Å²) in [6.45, 7) is 2.15. The first kappa shape index (κ1) is 15.7. The number of benzene rings is 2. The SMILES string of the molecule is CC(=O)NCCNC(=O)c1cccc(-c2cccc(F)c2)c1. The molecule has 0 saturated carbocycles. The molecule has 114 valence electrons. The monoisotopic (exact) mass is 300 g/mol. The van der Waals surface area contributed by atoms with Gasteiger partial charge in [0, 0.05) is 25.6 Å². The fourth-order valence-corrected chi connectivity index (χ4v) is 2.02. The van der Waals surface area contributed by atoms with Crippen molar-refractivity contribution in [2.75, 3.05) is 13.1 Å². The van der Waals surface area contributed by atoms with Crippen molar-refractivity contribution in [3.05, 3.63) is 59.9 Å². The highest BCUT2D eigenvalue weighted by molar-refractivity contribution is 5.95. The molecule has 0 fully saturated rings.